The molecule has 0 aromatic heterocycles. The number of hydrogen-bond donors (Lipinski definition) is 0. The minimum atomic E-state index is -0.165. The summed E-state index contributed by atoms with van der Waals surface area (Å²) in [6.07, 6.45) is 15.2. The molecule has 146 valence electrons. The Balaban J connectivity index is 1.20. The van der Waals surface area contributed by atoms with Crippen LogP contribution in [0.5, 0.6) is 0 Å². The maximum Gasteiger partial charge on any atom is 0.338 e. The van der Waals surface area contributed by atoms with Crippen LogP contribution in [0.4, 0.5) is 0 Å². The Morgan fingerprint density at radius 2 is 1.89 bits per heavy atom. The number of carbonyl (C=O) groups is 1. The minimum absolute atomic E-state index is 0.0432. The van der Waals surface area contributed by atoms with Crippen molar-refractivity contribution < 1.29 is 9.53 Å². The van der Waals surface area contributed by atoms with Crippen molar-refractivity contribution in [3.8, 4) is 0 Å². The van der Waals surface area contributed by atoms with Crippen LogP contribution in [0.1, 0.15) is 68.6 Å². The lowest BCUT2D eigenvalue weighted by Gasteiger charge is -2.56. The average molecular weight is 375 g/mol. The van der Waals surface area contributed by atoms with E-state index in [4.69, 9.17) is 4.74 Å². The van der Waals surface area contributed by atoms with Gasteiger partial charge in [0.2, 0.25) is 0 Å². The summed E-state index contributed by atoms with van der Waals surface area (Å²) < 4.78 is 5.91. The molecule has 0 N–H and O–H groups in total. The van der Waals surface area contributed by atoms with Gasteiger partial charge in [-0.1, -0.05) is 48.4 Å². The third-order valence-electron chi connectivity index (χ3n) is 9.14. The van der Waals surface area contributed by atoms with Crippen LogP contribution in [0.15, 0.2) is 53.6 Å². The molecule has 2 nitrogen and oxygen atoms in total. The number of hydrogen-bond acceptors (Lipinski definition) is 2. The van der Waals surface area contributed by atoms with E-state index in [9.17, 15) is 4.79 Å². The molecule has 6 rings (SSSR count). The Bertz CT molecular complexity index is 881. The van der Waals surface area contributed by atoms with E-state index in [1.807, 2.05) is 30.3 Å². The predicted molar refractivity (Wildman–Crippen MR) is 110 cm³/mol. The lowest BCUT2D eigenvalue weighted by Crippen LogP contribution is -2.48. The van der Waals surface area contributed by atoms with Crippen molar-refractivity contribution in [2.45, 2.75) is 64.4 Å². The van der Waals surface area contributed by atoms with E-state index >= 15 is 0 Å². The number of fused-ring (bicyclic) bond motifs is 4. The SMILES string of the molecule is C[C@]12CC[C@H](OC(=O)c3ccccc3)CC1=CCC1C2CC[C@]23C=C2CCC13. The summed E-state index contributed by atoms with van der Waals surface area (Å²) in [4.78, 5) is 12.5. The molecule has 28 heavy (non-hydrogen) atoms. The first-order chi connectivity index (χ1) is 13.6. The van der Waals surface area contributed by atoms with Crippen molar-refractivity contribution in [2.75, 3.05) is 0 Å². The molecule has 0 aliphatic heterocycles. The van der Waals surface area contributed by atoms with Gasteiger partial charge in [0.05, 0.1) is 5.56 Å². The lowest BCUT2D eigenvalue weighted by molar-refractivity contribution is -0.0215. The van der Waals surface area contributed by atoms with Crippen molar-refractivity contribution >= 4 is 5.97 Å². The van der Waals surface area contributed by atoms with E-state index in [0.717, 1.165) is 30.6 Å². The van der Waals surface area contributed by atoms with E-state index in [1.165, 1.54) is 38.5 Å². The Morgan fingerprint density at radius 1 is 1.04 bits per heavy atom. The normalized spacial score (nSPS) is 42.9. The van der Waals surface area contributed by atoms with Gasteiger partial charge in [-0.15, -0.1) is 0 Å². The fourth-order valence-electron chi connectivity index (χ4n) is 7.63. The minimum Gasteiger partial charge on any atom is -0.458 e. The molecule has 1 aromatic carbocycles. The van der Waals surface area contributed by atoms with Crippen LogP contribution >= 0.6 is 0 Å². The van der Waals surface area contributed by atoms with Gasteiger partial charge >= 0.3 is 5.97 Å². The first-order valence-electron chi connectivity index (χ1n) is 11.3. The van der Waals surface area contributed by atoms with Crippen molar-refractivity contribution in [1.82, 2.24) is 0 Å². The summed E-state index contributed by atoms with van der Waals surface area (Å²) in [5.74, 6) is 2.47. The van der Waals surface area contributed by atoms with Crippen LogP contribution in [-0.4, -0.2) is 12.1 Å². The monoisotopic (exact) mass is 374 g/mol. The second kappa shape index (κ2) is 5.84. The molecule has 5 aliphatic rings. The highest BCUT2D eigenvalue weighted by atomic mass is 16.5. The maximum atomic E-state index is 12.5. The number of carbonyl (C=O) groups excluding carboxylic acids is 1. The summed E-state index contributed by atoms with van der Waals surface area (Å²) in [5, 5.41) is 0. The van der Waals surface area contributed by atoms with Gasteiger partial charge < -0.3 is 4.74 Å². The van der Waals surface area contributed by atoms with Gasteiger partial charge in [-0.25, -0.2) is 4.79 Å². The van der Waals surface area contributed by atoms with Gasteiger partial charge in [0.1, 0.15) is 6.10 Å². The van der Waals surface area contributed by atoms with Crippen LogP contribution in [0.2, 0.25) is 0 Å². The molecule has 2 heteroatoms. The summed E-state index contributed by atoms with van der Waals surface area (Å²) in [5.41, 5.74) is 4.96. The standard InChI is InChI=1S/C26H30O2/c1-25-13-11-20(28-24(27)17-5-3-2-4-6-17)15-18(25)7-9-21-22(25)12-14-26-16-19(26)8-10-23(21)26/h2-7,16,20-23H,8-15H2,1H3/t20-,21?,22?,23?,25-,26-/m0/s1. The third kappa shape index (κ3) is 2.30. The Hall–Kier alpha value is -1.83. The molecule has 3 unspecified atom stereocenters. The Morgan fingerprint density at radius 3 is 2.71 bits per heavy atom. The summed E-state index contributed by atoms with van der Waals surface area (Å²) in [7, 11) is 0. The Kier molecular flexibility index (Phi) is 3.56. The highest BCUT2D eigenvalue weighted by Gasteiger charge is 2.62. The van der Waals surface area contributed by atoms with Crippen molar-refractivity contribution in [1.29, 1.82) is 0 Å². The Labute approximate surface area is 168 Å². The lowest BCUT2D eigenvalue weighted by atomic mass is 9.49. The molecular weight excluding hydrogens is 344 g/mol. The van der Waals surface area contributed by atoms with Crippen LogP contribution in [0, 0.1) is 28.6 Å². The fourth-order valence-corrected chi connectivity index (χ4v) is 7.63. The zero-order valence-corrected chi connectivity index (χ0v) is 16.8. The molecule has 1 aromatic rings. The van der Waals surface area contributed by atoms with E-state index < -0.39 is 0 Å². The number of rotatable bonds is 2. The van der Waals surface area contributed by atoms with Gasteiger partial charge in [0, 0.05) is 11.8 Å². The quantitative estimate of drug-likeness (QED) is 0.462. The summed E-state index contributed by atoms with van der Waals surface area (Å²) in [6, 6.07) is 9.43. The zero-order chi connectivity index (χ0) is 18.9. The van der Waals surface area contributed by atoms with Crippen LogP contribution in [-0.2, 0) is 4.74 Å². The molecule has 1 spiro atoms. The second-order valence-corrected chi connectivity index (χ2v) is 10.2. The fraction of sp³-hybridized carbons (Fsp3) is 0.577. The summed E-state index contributed by atoms with van der Waals surface area (Å²) >= 11 is 0. The van der Waals surface area contributed by atoms with Crippen molar-refractivity contribution in [3.63, 3.8) is 0 Å². The largest absolute Gasteiger partial charge is 0.458 e. The van der Waals surface area contributed by atoms with Crippen molar-refractivity contribution in [3.05, 3.63) is 59.2 Å². The molecule has 0 heterocycles. The van der Waals surface area contributed by atoms with Crippen LogP contribution in [0.3, 0.4) is 0 Å². The van der Waals surface area contributed by atoms with E-state index in [-0.39, 0.29) is 12.1 Å². The molecule has 0 saturated heterocycles. The van der Waals surface area contributed by atoms with Gasteiger partial charge in [-0.2, -0.15) is 0 Å². The molecule has 5 aliphatic carbocycles. The molecule has 0 amide bonds. The number of allylic oxidation sites excluding steroid dienone is 3. The zero-order valence-electron chi connectivity index (χ0n) is 16.8. The highest BCUT2D eigenvalue weighted by molar-refractivity contribution is 5.89. The molecule has 6 atom stereocenters. The second-order valence-electron chi connectivity index (χ2n) is 10.2. The summed E-state index contributed by atoms with van der Waals surface area (Å²) in [6.45, 7) is 2.53. The number of benzene rings is 1. The smallest absolute Gasteiger partial charge is 0.338 e. The van der Waals surface area contributed by atoms with Gasteiger partial charge in [0.15, 0.2) is 0 Å². The van der Waals surface area contributed by atoms with E-state index in [2.05, 4.69) is 19.1 Å². The van der Waals surface area contributed by atoms with Gasteiger partial charge in [0.25, 0.3) is 0 Å². The molecule has 0 bridgehead atoms. The van der Waals surface area contributed by atoms with E-state index in [1.54, 1.807) is 11.1 Å². The molecular formula is C26H30O2. The molecule has 3 saturated carbocycles. The maximum absolute atomic E-state index is 12.5. The topological polar surface area (TPSA) is 26.3 Å². The molecule has 3 fully saturated rings. The third-order valence-corrected chi connectivity index (χ3v) is 9.14. The predicted octanol–water partition coefficient (Wildman–Crippen LogP) is 6.09. The first-order valence-corrected chi connectivity index (χ1v) is 11.3. The van der Waals surface area contributed by atoms with Gasteiger partial charge in [-0.05, 0) is 80.2 Å². The highest BCUT2D eigenvalue weighted by Crippen LogP contribution is 2.72. The van der Waals surface area contributed by atoms with Crippen LogP contribution < -0.4 is 0 Å². The molecule has 0 radical (unpaired) electrons. The van der Waals surface area contributed by atoms with E-state index in [0.29, 0.717) is 16.4 Å². The van der Waals surface area contributed by atoms with Gasteiger partial charge in [-0.3, -0.25) is 0 Å². The van der Waals surface area contributed by atoms with Crippen molar-refractivity contribution in [2.24, 2.45) is 28.6 Å². The number of ether oxygens (including phenoxy) is 1. The number of esters is 1. The average Bonchev–Trinajstić information content (AvgIpc) is 3.29. The van der Waals surface area contributed by atoms with Crippen LogP contribution in [0.25, 0.3) is 0 Å². The first kappa shape index (κ1) is 17.1.